The number of likely N-dealkylation sites (tertiary alicyclic amines) is 1. The van der Waals surface area contributed by atoms with Gasteiger partial charge in [0.1, 0.15) is 0 Å². The quantitative estimate of drug-likeness (QED) is 0.749. The van der Waals surface area contributed by atoms with Gasteiger partial charge in [0.05, 0.1) is 5.92 Å². The Kier molecular flexibility index (Phi) is 6.71. The van der Waals surface area contributed by atoms with Gasteiger partial charge in [-0.15, -0.1) is 0 Å². The van der Waals surface area contributed by atoms with E-state index in [0.717, 1.165) is 25.8 Å². The third-order valence-electron chi connectivity index (χ3n) is 5.40. The summed E-state index contributed by atoms with van der Waals surface area (Å²) >= 11 is 0. The lowest BCUT2D eigenvalue weighted by Gasteiger charge is -2.24. The number of rotatable bonds is 8. The molecule has 1 aliphatic carbocycles. The summed E-state index contributed by atoms with van der Waals surface area (Å²) in [7, 11) is 0. The maximum Gasteiger partial charge on any atom is 0.225 e. The average molecular weight is 308 g/mol. The number of hydrogen-bond acceptors (Lipinski definition) is 2. The second-order valence-electron chi connectivity index (χ2n) is 7.05. The van der Waals surface area contributed by atoms with Crippen LogP contribution in [-0.2, 0) is 9.59 Å². The molecule has 2 fully saturated rings. The van der Waals surface area contributed by atoms with E-state index in [1.54, 1.807) is 0 Å². The van der Waals surface area contributed by atoms with E-state index in [1.165, 1.54) is 32.1 Å². The molecule has 2 amide bonds. The maximum absolute atomic E-state index is 12.4. The minimum absolute atomic E-state index is 0.0868. The molecule has 0 aromatic rings. The van der Waals surface area contributed by atoms with E-state index in [4.69, 9.17) is 0 Å². The summed E-state index contributed by atoms with van der Waals surface area (Å²) in [6.07, 6.45) is 9.83. The van der Waals surface area contributed by atoms with Crippen molar-refractivity contribution in [2.45, 2.75) is 77.7 Å². The average Bonchev–Trinajstić information content (AvgIpc) is 3.16. The van der Waals surface area contributed by atoms with Crippen molar-refractivity contribution in [2.24, 2.45) is 11.8 Å². The highest BCUT2D eigenvalue weighted by Gasteiger charge is 2.38. The summed E-state index contributed by atoms with van der Waals surface area (Å²) in [4.78, 5) is 26.5. The third kappa shape index (κ3) is 4.47. The Hall–Kier alpha value is -1.06. The predicted octanol–water partition coefficient (Wildman–Crippen LogP) is 3.11. The van der Waals surface area contributed by atoms with Crippen molar-refractivity contribution in [3.63, 3.8) is 0 Å². The first-order chi connectivity index (χ1) is 10.7. The van der Waals surface area contributed by atoms with Crippen LogP contribution in [0.4, 0.5) is 0 Å². The van der Waals surface area contributed by atoms with Gasteiger partial charge < -0.3 is 10.2 Å². The number of carbonyl (C=O) groups is 2. The molecule has 126 valence electrons. The molecule has 2 aliphatic rings. The van der Waals surface area contributed by atoms with Gasteiger partial charge in [0.15, 0.2) is 0 Å². The van der Waals surface area contributed by atoms with Gasteiger partial charge >= 0.3 is 0 Å². The van der Waals surface area contributed by atoms with Crippen LogP contribution in [0.25, 0.3) is 0 Å². The van der Waals surface area contributed by atoms with Gasteiger partial charge in [0.25, 0.3) is 0 Å². The van der Waals surface area contributed by atoms with Gasteiger partial charge in [0, 0.05) is 25.6 Å². The zero-order chi connectivity index (χ0) is 15.9. The van der Waals surface area contributed by atoms with Crippen LogP contribution in [0.1, 0.15) is 71.6 Å². The van der Waals surface area contributed by atoms with Gasteiger partial charge in [-0.1, -0.05) is 46.0 Å². The van der Waals surface area contributed by atoms with Crippen molar-refractivity contribution >= 4 is 11.8 Å². The molecule has 0 bridgehead atoms. The molecule has 4 nitrogen and oxygen atoms in total. The van der Waals surface area contributed by atoms with Gasteiger partial charge in [-0.3, -0.25) is 9.59 Å². The van der Waals surface area contributed by atoms with Crippen LogP contribution in [0, 0.1) is 11.8 Å². The van der Waals surface area contributed by atoms with Crippen LogP contribution < -0.4 is 5.32 Å². The normalized spacial score (nSPS) is 24.0. The van der Waals surface area contributed by atoms with Crippen LogP contribution in [0.2, 0.25) is 0 Å². The largest absolute Gasteiger partial charge is 0.356 e. The zero-order valence-electron chi connectivity index (χ0n) is 14.3. The van der Waals surface area contributed by atoms with Crippen LogP contribution in [0.3, 0.4) is 0 Å². The monoisotopic (exact) mass is 308 g/mol. The molecule has 4 heteroatoms. The fraction of sp³-hybridized carbons (Fsp3) is 0.889. The Bertz CT molecular complexity index is 377. The molecule has 0 aromatic heterocycles. The Morgan fingerprint density at radius 1 is 1.32 bits per heavy atom. The first-order valence-corrected chi connectivity index (χ1v) is 9.22. The fourth-order valence-corrected chi connectivity index (χ4v) is 3.81. The molecule has 2 atom stereocenters. The van der Waals surface area contributed by atoms with E-state index >= 15 is 0 Å². The Labute approximate surface area is 135 Å². The van der Waals surface area contributed by atoms with Crippen LogP contribution in [-0.4, -0.2) is 35.8 Å². The van der Waals surface area contributed by atoms with Crippen LogP contribution in [0.5, 0.6) is 0 Å². The van der Waals surface area contributed by atoms with Gasteiger partial charge in [-0.25, -0.2) is 0 Å². The summed E-state index contributed by atoms with van der Waals surface area (Å²) in [5, 5.41) is 3.10. The molecule has 0 unspecified atom stereocenters. The van der Waals surface area contributed by atoms with Crippen molar-refractivity contribution in [2.75, 3.05) is 13.1 Å². The van der Waals surface area contributed by atoms with Crippen LogP contribution >= 0.6 is 0 Å². The molecule has 1 saturated carbocycles. The molecule has 1 heterocycles. The van der Waals surface area contributed by atoms with Gasteiger partial charge in [0.2, 0.25) is 11.8 Å². The molecule has 2 rings (SSSR count). The first kappa shape index (κ1) is 17.3. The fourth-order valence-electron chi connectivity index (χ4n) is 3.81. The molecule has 1 N–H and O–H groups in total. The summed E-state index contributed by atoms with van der Waals surface area (Å²) in [6, 6.07) is 0.401. The third-order valence-corrected chi connectivity index (χ3v) is 5.40. The Morgan fingerprint density at radius 3 is 2.68 bits per heavy atom. The molecule has 22 heavy (non-hydrogen) atoms. The van der Waals surface area contributed by atoms with Crippen molar-refractivity contribution in [3.8, 4) is 0 Å². The number of unbranched alkanes of at least 4 members (excludes halogenated alkanes) is 1. The molecular formula is C18H32N2O2. The summed E-state index contributed by atoms with van der Waals surface area (Å²) < 4.78 is 0. The number of amides is 2. The minimum Gasteiger partial charge on any atom is -0.356 e. The maximum atomic E-state index is 12.4. The lowest BCUT2D eigenvalue weighted by molar-refractivity contribution is -0.130. The number of nitrogens with zero attached hydrogens (tertiary/aromatic N) is 1. The van der Waals surface area contributed by atoms with E-state index in [-0.39, 0.29) is 17.7 Å². The molecule has 0 radical (unpaired) electrons. The SMILES string of the molecule is CCCC[C@H](CC)CNC(=O)[C@H]1CC(=O)N(C2CCCC2)C1. The lowest BCUT2D eigenvalue weighted by Crippen LogP contribution is -2.38. The van der Waals surface area contributed by atoms with Crippen molar-refractivity contribution in [3.05, 3.63) is 0 Å². The smallest absolute Gasteiger partial charge is 0.225 e. The van der Waals surface area contributed by atoms with Crippen molar-refractivity contribution < 1.29 is 9.59 Å². The summed E-state index contributed by atoms with van der Waals surface area (Å²) in [5.74, 6) is 0.720. The van der Waals surface area contributed by atoms with E-state index in [1.807, 2.05) is 4.90 Å². The second kappa shape index (κ2) is 8.54. The van der Waals surface area contributed by atoms with E-state index in [9.17, 15) is 9.59 Å². The van der Waals surface area contributed by atoms with Crippen molar-refractivity contribution in [1.82, 2.24) is 10.2 Å². The molecular weight excluding hydrogens is 276 g/mol. The topological polar surface area (TPSA) is 49.4 Å². The Balaban J connectivity index is 1.77. The number of nitrogens with one attached hydrogen (secondary N) is 1. The van der Waals surface area contributed by atoms with Gasteiger partial charge in [-0.2, -0.15) is 0 Å². The lowest BCUT2D eigenvalue weighted by atomic mass is 9.99. The standard InChI is InChI=1S/C18H32N2O2/c1-3-5-8-14(4-2)12-19-18(22)15-11-17(21)20(13-15)16-9-6-7-10-16/h14-16H,3-13H2,1-2H3,(H,19,22)/t14-,15-/m0/s1. The predicted molar refractivity (Wildman–Crippen MR) is 88.4 cm³/mol. The highest BCUT2D eigenvalue weighted by molar-refractivity contribution is 5.89. The minimum atomic E-state index is -0.128. The highest BCUT2D eigenvalue weighted by Crippen LogP contribution is 2.29. The highest BCUT2D eigenvalue weighted by atomic mass is 16.2. The van der Waals surface area contributed by atoms with Gasteiger partial charge in [-0.05, 0) is 25.2 Å². The molecule has 1 saturated heterocycles. The second-order valence-corrected chi connectivity index (χ2v) is 7.05. The molecule has 0 aromatic carbocycles. The zero-order valence-corrected chi connectivity index (χ0v) is 14.3. The molecule has 0 spiro atoms. The summed E-state index contributed by atoms with van der Waals surface area (Å²) in [5.41, 5.74) is 0. The number of carbonyl (C=O) groups excluding carboxylic acids is 2. The number of hydrogen-bond donors (Lipinski definition) is 1. The van der Waals surface area contributed by atoms with Crippen LogP contribution in [0.15, 0.2) is 0 Å². The van der Waals surface area contributed by atoms with E-state index < -0.39 is 0 Å². The summed E-state index contributed by atoms with van der Waals surface area (Å²) in [6.45, 7) is 5.80. The van der Waals surface area contributed by atoms with E-state index in [2.05, 4.69) is 19.2 Å². The first-order valence-electron chi connectivity index (χ1n) is 9.22. The molecule has 1 aliphatic heterocycles. The van der Waals surface area contributed by atoms with E-state index in [0.29, 0.717) is 24.9 Å². The van der Waals surface area contributed by atoms with Crippen molar-refractivity contribution in [1.29, 1.82) is 0 Å². The Morgan fingerprint density at radius 2 is 2.05 bits per heavy atom.